The van der Waals surface area contributed by atoms with E-state index < -0.39 is 0 Å². The number of methoxy groups -OCH3 is 1. The molecule has 0 bridgehead atoms. The van der Waals surface area contributed by atoms with Gasteiger partial charge < -0.3 is 9.47 Å². The van der Waals surface area contributed by atoms with Gasteiger partial charge >= 0.3 is 0 Å². The summed E-state index contributed by atoms with van der Waals surface area (Å²) in [7, 11) is 1.55. The fourth-order valence-corrected chi connectivity index (χ4v) is 3.52. The fraction of sp³-hybridized carbons (Fsp3) is 0.158. The lowest BCUT2D eigenvalue weighted by atomic mass is 10.1. The molecule has 4 rings (SSSR count). The van der Waals surface area contributed by atoms with Crippen LogP contribution in [-0.2, 0) is 6.42 Å². The molecule has 2 aromatic carbocycles. The van der Waals surface area contributed by atoms with E-state index in [0.717, 1.165) is 30.0 Å². The van der Waals surface area contributed by atoms with Crippen molar-refractivity contribution in [2.45, 2.75) is 6.42 Å². The van der Waals surface area contributed by atoms with Crippen molar-refractivity contribution in [1.29, 1.82) is 0 Å². The maximum atomic E-state index is 12.5. The van der Waals surface area contributed by atoms with Crippen molar-refractivity contribution in [3.8, 4) is 22.8 Å². The summed E-state index contributed by atoms with van der Waals surface area (Å²) < 4.78 is 10.8. The summed E-state index contributed by atoms with van der Waals surface area (Å²) in [6, 6.07) is 13.2. The number of para-hydroxylation sites is 1. The number of rotatable bonds is 4. The van der Waals surface area contributed by atoms with Crippen LogP contribution in [0.3, 0.4) is 0 Å². The van der Waals surface area contributed by atoms with Gasteiger partial charge in [0.15, 0.2) is 5.13 Å². The molecular weight excluding hydrogens is 336 g/mol. The van der Waals surface area contributed by atoms with E-state index in [9.17, 15) is 4.79 Å². The van der Waals surface area contributed by atoms with E-state index >= 15 is 0 Å². The lowest BCUT2D eigenvalue weighted by Crippen LogP contribution is -2.12. The monoisotopic (exact) mass is 352 g/mol. The first-order valence-electron chi connectivity index (χ1n) is 7.90. The SMILES string of the molecule is COc1ccccc1C(=O)Nc1nc(-c2ccc3c(c2)CCO3)cs1. The Kier molecular flexibility index (Phi) is 4.11. The van der Waals surface area contributed by atoms with Crippen LogP contribution in [0.5, 0.6) is 11.5 Å². The number of nitrogens with zero attached hydrogens (tertiary/aromatic N) is 1. The molecule has 0 saturated heterocycles. The van der Waals surface area contributed by atoms with Gasteiger partial charge in [0.25, 0.3) is 5.91 Å². The fourth-order valence-electron chi connectivity index (χ4n) is 2.81. The second-order valence-electron chi connectivity index (χ2n) is 5.61. The number of benzene rings is 2. The maximum Gasteiger partial charge on any atom is 0.261 e. The average molecular weight is 352 g/mol. The summed E-state index contributed by atoms with van der Waals surface area (Å²) in [4.78, 5) is 17.0. The Morgan fingerprint density at radius 3 is 3.04 bits per heavy atom. The third-order valence-corrected chi connectivity index (χ3v) is 4.82. The predicted molar refractivity (Wildman–Crippen MR) is 97.7 cm³/mol. The van der Waals surface area contributed by atoms with Gasteiger partial charge in [-0.2, -0.15) is 0 Å². The molecule has 0 radical (unpaired) electrons. The van der Waals surface area contributed by atoms with E-state index in [-0.39, 0.29) is 5.91 Å². The number of ether oxygens (including phenoxy) is 2. The Morgan fingerprint density at radius 2 is 2.16 bits per heavy atom. The highest BCUT2D eigenvalue weighted by molar-refractivity contribution is 7.14. The summed E-state index contributed by atoms with van der Waals surface area (Å²) in [6.07, 6.45) is 0.921. The van der Waals surface area contributed by atoms with E-state index in [1.54, 1.807) is 25.3 Å². The van der Waals surface area contributed by atoms with Crippen LogP contribution in [0, 0.1) is 0 Å². The first kappa shape index (κ1) is 15.7. The summed E-state index contributed by atoms with van der Waals surface area (Å²) in [6.45, 7) is 0.732. The van der Waals surface area contributed by atoms with E-state index in [0.29, 0.717) is 16.4 Å². The number of carbonyl (C=O) groups is 1. The first-order chi connectivity index (χ1) is 12.2. The molecule has 5 nitrogen and oxygen atoms in total. The molecule has 1 aromatic heterocycles. The van der Waals surface area contributed by atoms with Gasteiger partial charge in [0.05, 0.1) is 25.0 Å². The largest absolute Gasteiger partial charge is 0.496 e. The average Bonchev–Trinajstić information content (AvgIpc) is 3.30. The summed E-state index contributed by atoms with van der Waals surface area (Å²) in [5.41, 5.74) is 3.55. The minimum Gasteiger partial charge on any atom is -0.496 e. The Hall–Kier alpha value is -2.86. The third kappa shape index (κ3) is 3.08. The van der Waals surface area contributed by atoms with Crippen LogP contribution in [-0.4, -0.2) is 24.6 Å². The molecule has 0 aliphatic carbocycles. The van der Waals surface area contributed by atoms with E-state index in [1.165, 1.54) is 16.9 Å². The number of aromatic nitrogens is 1. The van der Waals surface area contributed by atoms with E-state index in [2.05, 4.69) is 16.4 Å². The van der Waals surface area contributed by atoms with Gasteiger partial charge in [-0.15, -0.1) is 11.3 Å². The number of anilines is 1. The molecule has 6 heteroatoms. The quantitative estimate of drug-likeness (QED) is 0.771. The normalized spacial score (nSPS) is 12.4. The van der Waals surface area contributed by atoms with Crippen molar-refractivity contribution in [2.75, 3.05) is 19.0 Å². The highest BCUT2D eigenvalue weighted by Gasteiger charge is 2.16. The number of thiazole rings is 1. The lowest BCUT2D eigenvalue weighted by Gasteiger charge is -2.07. The number of fused-ring (bicyclic) bond motifs is 1. The van der Waals surface area contributed by atoms with Crippen LogP contribution < -0.4 is 14.8 Å². The van der Waals surface area contributed by atoms with Crippen LogP contribution >= 0.6 is 11.3 Å². The molecule has 1 amide bonds. The molecule has 0 unspecified atom stereocenters. The Labute approximate surface area is 149 Å². The number of carbonyl (C=O) groups excluding carboxylic acids is 1. The van der Waals surface area contributed by atoms with Crippen LogP contribution in [0.2, 0.25) is 0 Å². The van der Waals surface area contributed by atoms with Crippen LogP contribution in [0.15, 0.2) is 47.8 Å². The van der Waals surface area contributed by atoms with Gasteiger partial charge in [-0.25, -0.2) is 4.98 Å². The second-order valence-corrected chi connectivity index (χ2v) is 6.47. The van der Waals surface area contributed by atoms with Crippen molar-refractivity contribution in [1.82, 2.24) is 4.98 Å². The molecule has 1 N–H and O–H groups in total. The Bertz CT molecular complexity index is 936. The molecule has 126 valence electrons. The number of hydrogen-bond donors (Lipinski definition) is 1. The van der Waals surface area contributed by atoms with E-state index in [4.69, 9.17) is 9.47 Å². The second kappa shape index (κ2) is 6.57. The number of amides is 1. The van der Waals surface area contributed by atoms with Crippen molar-refractivity contribution in [3.63, 3.8) is 0 Å². The molecule has 25 heavy (non-hydrogen) atoms. The predicted octanol–water partition coefficient (Wildman–Crippen LogP) is 4.01. The Balaban J connectivity index is 1.54. The van der Waals surface area contributed by atoms with Crippen LogP contribution in [0.1, 0.15) is 15.9 Å². The lowest BCUT2D eigenvalue weighted by molar-refractivity contribution is 0.102. The maximum absolute atomic E-state index is 12.5. The minimum absolute atomic E-state index is 0.235. The molecule has 0 atom stereocenters. The zero-order valence-corrected chi connectivity index (χ0v) is 14.4. The summed E-state index contributed by atoms with van der Waals surface area (Å²) in [5, 5.41) is 5.34. The summed E-state index contributed by atoms with van der Waals surface area (Å²) >= 11 is 1.40. The zero-order valence-electron chi connectivity index (χ0n) is 13.6. The molecule has 1 aliphatic rings. The van der Waals surface area contributed by atoms with Gasteiger partial charge in [0.2, 0.25) is 0 Å². The molecule has 2 heterocycles. The smallest absolute Gasteiger partial charge is 0.261 e. The molecule has 3 aromatic rings. The van der Waals surface area contributed by atoms with Gasteiger partial charge in [0, 0.05) is 17.4 Å². The molecule has 1 aliphatic heterocycles. The van der Waals surface area contributed by atoms with Crippen molar-refractivity contribution in [2.24, 2.45) is 0 Å². The van der Waals surface area contributed by atoms with Crippen LogP contribution in [0.4, 0.5) is 5.13 Å². The van der Waals surface area contributed by atoms with Gasteiger partial charge in [-0.1, -0.05) is 12.1 Å². The standard InChI is InChI=1S/C19H16N2O3S/c1-23-17-5-3-2-4-14(17)18(22)21-19-20-15(11-25-19)12-6-7-16-13(10-12)8-9-24-16/h2-7,10-11H,8-9H2,1H3,(H,20,21,22). The minimum atomic E-state index is -0.235. The molecule has 0 saturated carbocycles. The molecular formula is C19H16N2O3S. The third-order valence-electron chi connectivity index (χ3n) is 4.06. The van der Waals surface area contributed by atoms with Crippen molar-refractivity contribution >= 4 is 22.4 Å². The van der Waals surface area contributed by atoms with Gasteiger partial charge in [-0.05, 0) is 35.9 Å². The number of nitrogens with one attached hydrogen (secondary N) is 1. The van der Waals surface area contributed by atoms with Crippen molar-refractivity contribution in [3.05, 3.63) is 59.0 Å². The zero-order chi connectivity index (χ0) is 17.2. The first-order valence-corrected chi connectivity index (χ1v) is 8.78. The van der Waals surface area contributed by atoms with E-state index in [1.807, 2.05) is 23.6 Å². The molecule has 0 spiro atoms. The summed E-state index contributed by atoms with van der Waals surface area (Å²) in [5.74, 6) is 1.25. The highest BCUT2D eigenvalue weighted by Crippen LogP contribution is 2.32. The Morgan fingerprint density at radius 1 is 1.28 bits per heavy atom. The van der Waals surface area contributed by atoms with Gasteiger partial charge in [-0.3, -0.25) is 10.1 Å². The van der Waals surface area contributed by atoms with Crippen LogP contribution in [0.25, 0.3) is 11.3 Å². The van der Waals surface area contributed by atoms with Gasteiger partial charge in [0.1, 0.15) is 11.5 Å². The molecule has 0 fully saturated rings. The highest BCUT2D eigenvalue weighted by atomic mass is 32.1. The van der Waals surface area contributed by atoms with Crippen molar-refractivity contribution < 1.29 is 14.3 Å². The number of hydrogen-bond acceptors (Lipinski definition) is 5. The topological polar surface area (TPSA) is 60.5 Å².